The molecule has 0 aromatic carbocycles. The zero-order valence-electron chi connectivity index (χ0n) is 5.94. The van der Waals surface area contributed by atoms with E-state index in [-0.39, 0.29) is 0 Å². The van der Waals surface area contributed by atoms with Crippen LogP contribution in [0.3, 0.4) is 0 Å². The Morgan fingerprint density at radius 1 is 1.50 bits per heavy atom. The predicted octanol–water partition coefficient (Wildman–Crippen LogP) is -0.295. The topological polar surface area (TPSA) is 122 Å². The van der Waals surface area contributed by atoms with Crippen molar-refractivity contribution in [2.75, 3.05) is 0 Å². The summed E-state index contributed by atoms with van der Waals surface area (Å²) in [6, 6.07) is 1.32. The van der Waals surface area contributed by atoms with Gasteiger partial charge in [-0.05, 0) is 0 Å². The zero-order valence-corrected chi connectivity index (χ0v) is 5.94. The minimum atomic E-state index is -1.65. The Kier molecular flexibility index (Phi) is 3.43. The highest BCUT2D eigenvalue weighted by Gasteiger charge is 2.23. The summed E-state index contributed by atoms with van der Waals surface area (Å²) in [7, 11) is 0. The highest BCUT2D eigenvalue weighted by Crippen LogP contribution is 2.00. The van der Waals surface area contributed by atoms with Crippen molar-refractivity contribution in [3.05, 3.63) is 0 Å². The molecule has 6 nitrogen and oxygen atoms in total. The number of carbonyl (C=O) groups is 2. The Morgan fingerprint density at radius 3 is 2.25 bits per heavy atom. The lowest BCUT2D eigenvalue weighted by Gasteiger charge is -2.01. The fourth-order valence-electron chi connectivity index (χ4n) is 0.547. The monoisotopic (exact) mass is 170 g/mol. The lowest BCUT2D eigenvalue weighted by Crippen LogP contribution is -2.23. The molecule has 0 aliphatic carbocycles. The van der Waals surface area contributed by atoms with Crippen molar-refractivity contribution >= 4 is 17.7 Å². The summed E-state index contributed by atoms with van der Waals surface area (Å²) in [5.74, 6) is -4.47. The van der Waals surface area contributed by atoms with Crippen LogP contribution in [0.5, 0.6) is 0 Å². The van der Waals surface area contributed by atoms with E-state index in [1.54, 1.807) is 0 Å². The minimum absolute atomic E-state index is 0.613. The number of carboxylic acid groups (broad SMARTS) is 2. The Morgan fingerprint density at radius 2 is 2.00 bits per heavy atom. The van der Waals surface area contributed by atoms with Crippen molar-refractivity contribution in [2.24, 2.45) is 5.92 Å². The minimum Gasteiger partial charge on any atom is -0.481 e. The van der Waals surface area contributed by atoms with E-state index in [9.17, 15) is 9.59 Å². The molecule has 0 saturated heterocycles. The number of nitriles is 1. The Balaban J connectivity index is 4.36. The first-order valence-electron chi connectivity index (χ1n) is 2.90. The molecular weight excluding hydrogens is 164 g/mol. The number of hydrogen-bond acceptors (Lipinski definition) is 4. The van der Waals surface area contributed by atoms with Gasteiger partial charge in [0, 0.05) is 5.71 Å². The Hall–Kier alpha value is -1.90. The van der Waals surface area contributed by atoms with Gasteiger partial charge in [0.2, 0.25) is 0 Å². The van der Waals surface area contributed by atoms with Crippen LogP contribution in [0.4, 0.5) is 0 Å². The molecule has 0 rings (SSSR count). The third-order valence-corrected chi connectivity index (χ3v) is 1.07. The van der Waals surface area contributed by atoms with E-state index in [1.807, 2.05) is 0 Å². The van der Waals surface area contributed by atoms with Gasteiger partial charge in [-0.2, -0.15) is 5.26 Å². The second-order valence-corrected chi connectivity index (χ2v) is 2.00. The molecule has 0 aliphatic heterocycles. The van der Waals surface area contributed by atoms with Gasteiger partial charge in [0.25, 0.3) is 0 Å². The lowest BCUT2D eigenvalue weighted by molar-refractivity contribution is -0.137. The highest BCUT2D eigenvalue weighted by atomic mass is 16.4. The van der Waals surface area contributed by atoms with Gasteiger partial charge in [-0.1, -0.05) is 0 Å². The van der Waals surface area contributed by atoms with Crippen molar-refractivity contribution in [1.29, 1.82) is 10.7 Å². The first-order chi connectivity index (χ1) is 5.49. The third-order valence-electron chi connectivity index (χ3n) is 1.07. The number of nitrogens with one attached hydrogen (secondary N) is 1. The normalized spacial score (nSPS) is 11.2. The first-order valence-corrected chi connectivity index (χ1v) is 2.90. The van der Waals surface area contributed by atoms with Gasteiger partial charge in [-0.15, -0.1) is 0 Å². The molecule has 0 aromatic rings. The lowest BCUT2D eigenvalue weighted by atomic mass is 10.0. The highest BCUT2D eigenvalue weighted by molar-refractivity contribution is 6.08. The smallest absolute Gasteiger partial charge is 0.326 e. The van der Waals surface area contributed by atoms with Gasteiger partial charge in [-0.25, -0.2) is 0 Å². The average molecular weight is 170 g/mol. The fourth-order valence-corrected chi connectivity index (χ4v) is 0.547. The molecule has 0 saturated carbocycles. The third kappa shape index (κ3) is 2.79. The van der Waals surface area contributed by atoms with Gasteiger partial charge in [0.15, 0.2) is 5.92 Å². The van der Waals surface area contributed by atoms with Crippen molar-refractivity contribution in [3.8, 4) is 6.07 Å². The summed E-state index contributed by atoms with van der Waals surface area (Å²) in [6.07, 6.45) is -0.718. The first kappa shape index (κ1) is 10.1. The Bertz CT molecular complexity index is 265. The van der Waals surface area contributed by atoms with Crippen LogP contribution in [-0.2, 0) is 9.59 Å². The van der Waals surface area contributed by atoms with E-state index in [4.69, 9.17) is 20.9 Å². The SMILES string of the molecule is N#CC(C(=N)CC(=O)O)C(=O)O. The standard InChI is InChI=1S/C6H6N2O4/c7-2-3(6(11)12)4(8)1-5(9)10/h3,8H,1H2,(H,9,10)(H,11,12). The molecule has 0 radical (unpaired) electrons. The molecule has 12 heavy (non-hydrogen) atoms. The van der Waals surface area contributed by atoms with Crippen molar-refractivity contribution in [3.63, 3.8) is 0 Å². The maximum atomic E-state index is 10.2. The maximum Gasteiger partial charge on any atom is 0.326 e. The number of nitrogens with zero attached hydrogens (tertiary/aromatic N) is 1. The molecule has 64 valence electrons. The van der Waals surface area contributed by atoms with Crippen molar-refractivity contribution in [2.45, 2.75) is 6.42 Å². The number of aliphatic carboxylic acids is 2. The molecule has 0 fully saturated rings. The summed E-state index contributed by atoms with van der Waals surface area (Å²) >= 11 is 0. The van der Waals surface area contributed by atoms with Crippen LogP contribution in [0.2, 0.25) is 0 Å². The summed E-state index contributed by atoms with van der Waals surface area (Å²) in [4.78, 5) is 20.2. The van der Waals surface area contributed by atoms with Gasteiger partial charge >= 0.3 is 11.9 Å². The molecule has 0 heterocycles. The molecule has 0 aromatic heterocycles. The fraction of sp³-hybridized carbons (Fsp3) is 0.333. The molecule has 1 atom stereocenters. The van der Waals surface area contributed by atoms with Gasteiger partial charge < -0.3 is 15.6 Å². The summed E-state index contributed by atoms with van der Waals surface area (Å²) in [5, 5.41) is 31.6. The van der Waals surface area contributed by atoms with Gasteiger partial charge in [0.1, 0.15) is 0 Å². The van der Waals surface area contributed by atoms with Crippen LogP contribution in [0.25, 0.3) is 0 Å². The van der Waals surface area contributed by atoms with E-state index >= 15 is 0 Å². The molecule has 0 spiro atoms. The van der Waals surface area contributed by atoms with Crippen LogP contribution in [0.1, 0.15) is 6.42 Å². The van der Waals surface area contributed by atoms with Crippen LogP contribution >= 0.6 is 0 Å². The molecule has 6 heteroatoms. The number of carboxylic acids is 2. The second kappa shape index (κ2) is 4.08. The average Bonchev–Trinajstić information content (AvgIpc) is 1.85. The summed E-state index contributed by atoms with van der Waals surface area (Å²) in [6.45, 7) is 0. The zero-order chi connectivity index (χ0) is 9.72. The maximum absolute atomic E-state index is 10.2. The van der Waals surface area contributed by atoms with Crippen LogP contribution < -0.4 is 0 Å². The van der Waals surface area contributed by atoms with Crippen LogP contribution in [0.15, 0.2) is 0 Å². The summed E-state index contributed by atoms with van der Waals surface area (Å²) < 4.78 is 0. The van der Waals surface area contributed by atoms with Crippen molar-refractivity contribution < 1.29 is 19.8 Å². The van der Waals surface area contributed by atoms with E-state index in [2.05, 4.69) is 0 Å². The van der Waals surface area contributed by atoms with E-state index in [0.717, 1.165) is 0 Å². The molecule has 1 unspecified atom stereocenters. The molecular formula is C6H6N2O4. The summed E-state index contributed by atoms with van der Waals surface area (Å²) in [5.41, 5.74) is -0.613. The quantitative estimate of drug-likeness (QED) is 0.500. The molecule has 0 bridgehead atoms. The van der Waals surface area contributed by atoms with E-state index in [0.29, 0.717) is 0 Å². The second-order valence-electron chi connectivity index (χ2n) is 2.00. The number of hydrogen-bond donors (Lipinski definition) is 3. The molecule has 3 N–H and O–H groups in total. The van der Waals surface area contributed by atoms with Gasteiger partial charge in [-0.3, -0.25) is 9.59 Å². The van der Waals surface area contributed by atoms with Crippen LogP contribution in [-0.4, -0.2) is 27.9 Å². The van der Waals surface area contributed by atoms with Crippen molar-refractivity contribution in [1.82, 2.24) is 0 Å². The molecule has 0 aliphatic rings. The Labute approximate surface area is 67.6 Å². The van der Waals surface area contributed by atoms with E-state index < -0.39 is 30.0 Å². The predicted molar refractivity (Wildman–Crippen MR) is 36.7 cm³/mol. The van der Waals surface area contributed by atoms with Gasteiger partial charge in [0.05, 0.1) is 12.5 Å². The van der Waals surface area contributed by atoms with Crippen LogP contribution in [0, 0.1) is 22.7 Å². The largest absolute Gasteiger partial charge is 0.481 e. The van der Waals surface area contributed by atoms with E-state index in [1.165, 1.54) is 6.07 Å². The molecule has 0 amide bonds. The number of rotatable bonds is 4.